The molecule has 0 radical (unpaired) electrons. The molecule has 0 unspecified atom stereocenters. The highest BCUT2D eigenvalue weighted by atomic mass is 16.3. The Labute approximate surface area is 136 Å². The summed E-state index contributed by atoms with van der Waals surface area (Å²) in [6, 6.07) is 0. The molecule has 2 aliphatic rings. The maximum Gasteiger partial charge on any atom is 0.236 e. The molecule has 1 amide bonds. The molecule has 0 bridgehead atoms. The second kappa shape index (κ2) is 7.70. The molecule has 1 aromatic rings. The van der Waals surface area contributed by atoms with Crippen LogP contribution < -0.4 is 4.90 Å². The number of carbonyl (C=O) groups is 1. The summed E-state index contributed by atoms with van der Waals surface area (Å²) in [5.41, 5.74) is 0. The fraction of sp³-hybridized carbons (Fsp3) is 0.688. The Morgan fingerprint density at radius 2 is 1.96 bits per heavy atom. The van der Waals surface area contributed by atoms with E-state index in [1.165, 1.54) is 6.42 Å². The third-order valence-electron chi connectivity index (χ3n) is 4.53. The van der Waals surface area contributed by atoms with E-state index in [-0.39, 0.29) is 5.91 Å². The van der Waals surface area contributed by atoms with Gasteiger partial charge in [-0.2, -0.15) is 0 Å². The molecule has 1 atom stereocenters. The van der Waals surface area contributed by atoms with Crippen LogP contribution in [-0.4, -0.2) is 82.7 Å². The third-order valence-corrected chi connectivity index (χ3v) is 4.53. The average molecular weight is 319 g/mol. The number of anilines is 1. The predicted molar refractivity (Wildman–Crippen MR) is 87.1 cm³/mol. The number of nitrogens with zero attached hydrogens (tertiary/aromatic N) is 5. The zero-order chi connectivity index (χ0) is 16.1. The molecule has 3 heterocycles. The van der Waals surface area contributed by atoms with Gasteiger partial charge in [-0.3, -0.25) is 14.7 Å². The lowest BCUT2D eigenvalue weighted by Gasteiger charge is -2.29. The molecule has 7 nitrogen and oxygen atoms in total. The van der Waals surface area contributed by atoms with Crippen LogP contribution >= 0.6 is 0 Å². The number of hydrogen-bond donors (Lipinski definition) is 1. The van der Waals surface area contributed by atoms with Gasteiger partial charge in [0.2, 0.25) is 5.91 Å². The van der Waals surface area contributed by atoms with Gasteiger partial charge in [0.25, 0.3) is 0 Å². The van der Waals surface area contributed by atoms with E-state index in [2.05, 4.69) is 14.9 Å². The fourth-order valence-corrected chi connectivity index (χ4v) is 3.30. The lowest BCUT2D eigenvalue weighted by molar-refractivity contribution is -0.133. The maximum atomic E-state index is 12.4. The topological polar surface area (TPSA) is 72.8 Å². The summed E-state index contributed by atoms with van der Waals surface area (Å²) in [6.45, 7) is 4.67. The molecule has 2 fully saturated rings. The second-order valence-electron chi connectivity index (χ2n) is 6.34. The average Bonchev–Trinajstić information content (AvgIpc) is 2.77. The van der Waals surface area contributed by atoms with Crippen LogP contribution in [0.4, 0.5) is 5.82 Å². The van der Waals surface area contributed by atoms with Crippen molar-refractivity contribution >= 4 is 11.7 Å². The van der Waals surface area contributed by atoms with E-state index in [0.717, 1.165) is 44.8 Å². The summed E-state index contributed by atoms with van der Waals surface area (Å²) in [5, 5.41) is 10.3. The van der Waals surface area contributed by atoms with Crippen molar-refractivity contribution in [2.45, 2.75) is 25.4 Å². The molecule has 0 aromatic carbocycles. The smallest absolute Gasteiger partial charge is 0.236 e. The number of aliphatic hydroxyl groups is 1. The largest absolute Gasteiger partial charge is 0.390 e. The van der Waals surface area contributed by atoms with Crippen molar-refractivity contribution in [1.82, 2.24) is 19.8 Å². The van der Waals surface area contributed by atoms with Crippen LogP contribution in [0.25, 0.3) is 0 Å². The van der Waals surface area contributed by atoms with Gasteiger partial charge in [0, 0.05) is 51.7 Å². The van der Waals surface area contributed by atoms with Crippen LogP contribution in [-0.2, 0) is 4.79 Å². The summed E-state index contributed by atoms with van der Waals surface area (Å²) in [4.78, 5) is 26.8. The standard InChI is InChI=1S/C16H25N5O2/c22-14-11-19(13-16(23)20-6-2-1-3-7-20)8-9-21(12-14)15-10-17-4-5-18-15/h4-5,10,14,22H,1-3,6-9,11-13H2/t14-/m0/s1. The summed E-state index contributed by atoms with van der Waals surface area (Å²) >= 11 is 0. The van der Waals surface area contributed by atoms with Crippen molar-refractivity contribution in [1.29, 1.82) is 0 Å². The van der Waals surface area contributed by atoms with E-state index in [9.17, 15) is 9.90 Å². The van der Waals surface area contributed by atoms with E-state index in [4.69, 9.17) is 0 Å². The first-order valence-electron chi connectivity index (χ1n) is 8.41. The molecule has 0 aliphatic carbocycles. The summed E-state index contributed by atoms with van der Waals surface area (Å²) in [5.74, 6) is 0.959. The number of aliphatic hydroxyl groups excluding tert-OH is 1. The van der Waals surface area contributed by atoms with Gasteiger partial charge in [0.1, 0.15) is 5.82 Å². The summed E-state index contributed by atoms with van der Waals surface area (Å²) < 4.78 is 0. The Bertz CT molecular complexity index is 506. The Morgan fingerprint density at radius 3 is 2.70 bits per heavy atom. The number of amides is 1. The molecule has 2 saturated heterocycles. The summed E-state index contributed by atoms with van der Waals surface area (Å²) in [7, 11) is 0. The first kappa shape index (κ1) is 16.1. The van der Waals surface area contributed by atoms with Gasteiger partial charge < -0.3 is 14.9 Å². The van der Waals surface area contributed by atoms with E-state index in [0.29, 0.717) is 19.6 Å². The zero-order valence-corrected chi connectivity index (χ0v) is 13.5. The molecule has 0 saturated carbocycles. The molecule has 3 rings (SSSR count). The van der Waals surface area contributed by atoms with Crippen LogP contribution in [0.2, 0.25) is 0 Å². The quantitative estimate of drug-likeness (QED) is 0.844. The Kier molecular flexibility index (Phi) is 5.40. The van der Waals surface area contributed by atoms with Crippen LogP contribution in [0.5, 0.6) is 0 Å². The predicted octanol–water partition coefficient (Wildman–Crippen LogP) is -0.0280. The van der Waals surface area contributed by atoms with Crippen molar-refractivity contribution in [2.24, 2.45) is 0 Å². The number of carbonyl (C=O) groups excluding carboxylic acids is 1. The molecular formula is C16H25N5O2. The Hall–Kier alpha value is -1.73. The highest BCUT2D eigenvalue weighted by Crippen LogP contribution is 2.13. The highest BCUT2D eigenvalue weighted by molar-refractivity contribution is 5.78. The third kappa shape index (κ3) is 4.39. The Morgan fingerprint density at radius 1 is 1.13 bits per heavy atom. The lowest BCUT2D eigenvalue weighted by atomic mass is 10.1. The monoisotopic (exact) mass is 319 g/mol. The first-order valence-corrected chi connectivity index (χ1v) is 8.41. The van der Waals surface area contributed by atoms with E-state index in [1.54, 1.807) is 18.6 Å². The zero-order valence-electron chi connectivity index (χ0n) is 13.5. The SMILES string of the molecule is O=C(CN1CCN(c2cnccn2)C[C@@H](O)C1)N1CCCCC1. The number of aromatic nitrogens is 2. The number of rotatable bonds is 3. The van der Waals surface area contributed by atoms with Crippen LogP contribution in [0.3, 0.4) is 0 Å². The first-order chi connectivity index (χ1) is 11.2. The number of piperidine rings is 1. The highest BCUT2D eigenvalue weighted by Gasteiger charge is 2.25. The van der Waals surface area contributed by atoms with Gasteiger partial charge in [0.15, 0.2) is 0 Å². The number of likely N-dealkylation sites (tertiary alicyclic amines) is 1. The molecule has 1 aromatic heterocycles. The minimum atomic E-state index is -0.492. The normalized spacial score (nSPS) is 23.6. The number of β-amino-alcohol motifs (C(OH)–C–C–N with tert-alkyl or cyclic N) is 1. The van der Waals surface area contributed by atoms with Gasteiger partial charge in [-0.15, -0.1) is 0 Å². The van der Waals surface area contributed by atoms with E-state index >= 15 is 0 Å². The maximum absolute atomic E-state index is 12.4. The van der Waals surface area contributed by atoms with Gasteiger partial charge >= 0.3 is 0 Å². The van der Waals surface area contributed by atoms with Crippen molar-refractivity contribution in [3.8, 4) is 0 Å². The van der Waals surface area contributed by atoms with Crippen LogP contribution in [0.15, 0.2) is 18.6 Å². The van der Waals surface area contributed by atoms with Gasteiger partial charge in [0.05, 0.1) is 18.8 Å². The molecule has 1 N–H and O–H groups in total. The molecule has 23 heavy (non-hydrogen) atoms. The molecule has 126 valence electrons. The fourth-order valence-electron chi connectivity index (χ4n) is 3.30. The van der Waals surface area contributed by atoms with Crippen molar-refractivity contribution in [3.63, 3.8) is 0 Å². The van der Waals surface area contributed by atoms with E-state index < -0.39 is 6.10 Å². The van der Waals surface area contributed by atoms with Gasteiger partial charge in [-0.1, -0.05) is 0 Å². The molecule has 0 spiro atoms. The van der Waals surface area contributed by atoms with Gasteiger partial charge in [-0.05, 0) is 19.3 Å². The summed E-state index contributed by atoms with van der Waals surface area (Å²) in [6.07, 6.45) is 7.95. The van der Waals surface area contributed by atoms with Crippen molar-refractivity contribution < 1.29 is 9.90 Å². The molecular weight excluding hydrogens is 294 g/mol. The number of hydrogen-bond acceptors (Lipinski definition) is 6. The minimum absolute atomic E-state index is 0.185. The van der Waals surface area contributed by atoms with E-state index in [1.807, 2.05) is 9.80 Å². The second-order valence-corrected chi connectivity index (χ2v) is 6.34. The lowest BCUT2D eigenvalue weighted by Crippen LogP contribution is -2.44. The minimum Gasteiger partial charge on any atom is -0.390 e. The van der Waals surface area contributed by atoms with Crippen molar-refractivity contribution in [2.75, 3.05) is 50.7 Å². The molecule has 2 aliphatic heterocycles. The van der Waals surface area contributed by atoms with Gasteiger partial charge in [-0.25, -0.2) is 4.98 Å². The van der Waals surface area contributed by atoms with Crippen molar-refractivity contribution in [3.05, 3.63) is 18.6 Å². The Balaban J connectivity index is 1.56. The molecule has 7 heteroatoms. The van der Waals surface area contributed by atoms with Crippen LogP contribution in [0, 0.1) is 0 Å². The van der Waals surface area contributed by atoms with Crippen LogP contribution in [0.1, 0.15) is 19.3 Å².